The van der Waals surface area contributed by atoms with E-state index in [0.29, 0.717) is 11.6 Å². The summed E-state index contributed by atoms with van der Waals surface area (Å²) in [6.45, 7) is 4.07. The van der Waals surface area contributed by atoms with Crippen LogP contribution in [0.25, 0.3) is 0 Å². The maximum Gasteiger partial charge on any atom is 0.217 e. The van der Waals surface area contributed by atoms with Gasteiger partial charge >= 0.3 is 0 Å². The zero-order valence-electron chi connectivity index (χ0n) is 14.6. The highest BCUT2D eigenvalue weighted by atomic mass is 16.5. The number of likely N-dealkylation sites (N-methyl/N-ethyl adjacent to an activating group) is 1. The van der Waals surface area contributed by atoms with Gasteiger partial charge < -0.3 is 9.47 Å². The lowest BCUT2D eigenvalue weighted by Gasteiger charge is -2.45. The number of pyridine rings is 1. The Balaban J connectivity index is 1.58. The largest absolute Gasteiger partial charge is 0.481 e. The van der Waals surface area contributed by atoms with E-state index in [1.165, 1.54) is 31.2 Å². The van der Waals surface area contributed by atoms with Gasteiger partial charge in [0.25, 0.3) is 0 Å². The normalized spacial score (nSPS) is 25.1. The fourth-order valence-corrected chi connectivity index (χ4v) is 4.28. The van der Waals surface area contributed by atoms with Crippen LogP contribution in [-0.4, -0.2) is 67.3 Å². The molecule has 2 aliphatic rings. The number of piperidine rings is 1. The van der Waals surface area contributed by atoms with Crippen molar-refractivity contribution in [2.45, 2.75) is 43.8 Å². The maximum atomic E-state index is 5.38. The van der Waals surface area contributed by atoms with E-state index in [1.807, 2.05) is 13.2 Å². The number of hydrogen-bond acceptors (Lipinski definition) is 5. The number of ether oxygens (including phenoxy) is 2. The number of aromatic nitrogens is 1. The quantitative estimate of drug-likeness (QED) is 0.831. The average Bonchev–Trinajstić information content (AvgIpc) is 2.88. The van der Waals surface area contributed by atoms with E-state index in [0.717, 1.165) is 32.1 Å². The van der Waals surface area contributed by atoms with Gasteiger partial charge in [-0.1, -0.05) is 6.07 Å². The average molecular weight is 319 g/mol. The number of hydrogen-bond donors (Lipinski definition) is 0. The second kappa shape index (κ2) is 7.16. The SMILES string of the molecule is COC[C@H]1CCC2(CCN(Cc3cccnc3OC)CC2)N1C. The second-order valence-electron chi connectivity index (χ2n) is 6.93. The van der Waals surface area contributed by atoms with E-state index >= 15 is 0 Å². The molecular formula is C18H29N3O2. The van der Waals surface area contributed by atoms with Gasteiger partial charge in [-0.25, -0.2) is 4.98 Å². The fourth-order valence-electron chi connectivity index (χ4n) is 4.28. The van der Waals surface area contributed by atoms with Crippen LogP contribution in [0.15, 0.2) is 18.3 Å². The number of nitrogens with zero attached hydrogens (tertiary/aromatic N) is 3. The van der Waals surface area contributed by atoms with Gasteiger partial charge in [-0.05, 0) is 38.8 Å². The summed E-state index contributed by atoms with van der Waals surface area (Å²) < 4.78 is 10.8. The second-order valence-corrected chi connectivity index (χ2v) is 6.93. The van der Waals surface area contributed by atoms with Crippen LogP contribution in [0.3, 0.4) is 0 Å². The van der Waals surface area contributed by atoms with E-state index in [2.05, 4.69) is 27.9 Å². The van der Waals surface area contributed by atoms with Crippen LogP contribution < -0.4 is 4.74 Å². The van der Waals surface area contributed by atoms with Gasteiger partial charge in [0.15, 0.2) is 0 Å². The molecule has 128 valence electrons. The first kappa shape index (κ1) is 16.7. The van der Waals surface area contributed by atoms with Crippen molar-refractivity contribution in [3.05, 3.63) is 23.9 Å². The smallest absolute Gasteiger partial charge is 0.217 e. The molecule has 3 heterocycles. The van der Waals surface area contributed by atoms with Crippen LogP contribution in [0.5, 0.6) is 5.88 Å². The Morgan fingerprint density at radius 2 is 2.04 bits per heavy atom. The van der Waals surface area contributed by atoms with Crippen LogP contribution in [0.1, 0.15) is 31.2 Å². The van der Waals surface area contributed by atoms with Crippen LogP contribution in [0, 0.1) is 0 Å². The molecule has 0 bridgehead atoms. The van der Waals surface area contributed by atoms with E-state index in [-0.39, 0.29) is 0 Å². The van der Waals surface area contributed by atoms with Crippen LogP contribution in [0.2, 0.25) is 0 Å². The lowest BCUT2D eigenvalue weighted by molar-refractivity contribution is 0.0280. The summed E-state index contributed by atoms with van der Waals surface area (Å²) in [5.74, 6) is 0.755. The van der Waals surface area contributed by atoms with Crippen LogP contribution in [0.4, 0.5) is 0 Å². The Kier molecular flexibility index (Phi) is 5.19. The lowest BCUT2D eigenvalue weighted by Crippen LogP contribution is -2.52. The van der Waals surface area contributed by atoms with Crippen LogP contribution in [-0.2, 0) is 11.3 Å². The summed E-state index contributed by atoms with van der Waals surface area (Å²) in [6.07, 6.45) is 6.85. The van der Waals surface area contributed by atoms with Crippen molar-refractivity contribution in [3.8, 4) is 5.88 Å². The van der Waals surface area contributed by atoms with Crippen molar-refractivity contribution in [2.24, 2.45) is 0 Å². The molecule has 0 aromatic carbocycles. The third-order valence-electron chi connectivity index (χ3n) is 5.82. The molecule has 23 heavy (non-hydrogen) atoms. The predicted molar refractivity (Wildman–Crippen MR) is 90.7 cm³/mol. The molecule has 2 saturated heterocycles. The Labute approximate surface area is 139 Å². The first-order chi connectivity index (χ1) is 11.2. The van der Waals surface area contributed by atoms with Gasteiger partial charge in [-0.3, -0.25) is 9.80 Å². The van der Waals surface area contributed by atoms with Gasteiger partial charge in [0.1, 0.15) is 0 Å². The summed E-state index contributed by atoms with van der Waals surface area (Å²) in [7, 11) is 5.79. The first-order valence-electron chi connectivity index (χ1n) is 8.60. The van der Waals surface area contributed by atoms with Gasteiger partial charge in [-0.2, -0.15) is 0 Å². The van der Waals surface area contributed by atoms with Crippen LogP contribution >= 0.6 is 0 Å². The molecule has 0 radical (unpaired) electrons. The van der Waals surface area contributed by atoms with E-state index < -0.39 is 0 Å². The maximum absolute atomic E-state index is 5.38. The fraction of sp³-hybridized carbons (Fsp3) is 0.722. The van der Waals surface area contributed by atoms with Gasteiger partial charge in [0.2, 0.25) is 5.88 Å². The standard InChI is InChI=1S/C18H29N3O2/c1-20-16(14-22-2)6-7-18(20)8-11-21(12-9-18)13-15-5-4-10-19-17(15)23-3/h4-5,10,16H,6-9,11-14H2,1-3H3/t16-/m1/s1. The molecule has 5 nitrogen and oxygen atoms in total. The van der Waals surface area contributed by atoms with Crippen molar-refractivity contribution < 1.29 is 9.47 Å². The third kappa shape index (κ3) is 3.37. The zero-order chi connectivity index (χ0) is 16.3. The summed E-state index contributed by atoms with van der Waals surface area (Å²) in [6, 6.07) is 4.69. The first-order valence-corrected chi connectivity index (χ1v) is 8.60. The Bertz CT molecular complexity index is 515. The van der Waals surface area contributed by atoms with Gasteiger partial charge in [-0.15, -0.1) is 0 Å². The minimum absolute atomic E-state index is 0.388. The van der Waals surface area contributed by atoms with Crippen molar-refractivity contribution in [1.29, 1.82) is 0 Å². The number of likely N-dealkylation sites (tertiary alicyclic amines) is 2. The Morgan fingerprint density at radius 1 is 1.26 bits per heavy atom. The predicted octanol–water partition coefficient (Wildman–Crippen LogP) is 2.17. The van der Waals surface area contributed by atoms with E-state index in [9.17, 15) is 0 Å². The molecule has 0 unspecified atom stereocenters. The monoisotopic (exact) mass is 319 g/mol. The summed E-state index contributed by atoms with van der Waals surface area (Å²) in [5.41, 5.74) is 1.57. The summed E-state index contributed by atoms with van der Waals surface area (Å²) in [4.78, 5) is 9.43. The number of methoxy groups -OCH3 is 2. The highest BCUT2D eigenvalue weighted by Gasteiger charge is 2.45. The Hall–Kier alpha value is -1.17. The Morgan fingerprint density at radius 3 is 2.74 bits per heavy atom. The van der Waals surface area contributed by atoms with Gasteiger partial charge in [0.05, 0.1) is 13.7 Å². The molecule has 1 aromatic heterocycles. The minimum atomic E-state index is 0.388. The molecule has 3 rings (SSSR count). The minimum Gasteiger partial charge on any atom is -0.481 e. The molecule has 0 amide bonds. The molecule has 0 aliphatic carbocycles. The topological polar surface area (TPSA) is 37.8 Å². The highest BCUT2D eigenvalue weighted by molar-refractivity contribution is 5.25. The van der Waals surface area contributed by atoms with Crippen molar-refractivity contribution in [2.75, 3.05) is 41.0 Å². The van der Waals surface area contributed by atoms with E-state index in [4.69, 9.17) is 9.47 Å². The molecule has 1 atom stereocenters. The molecule has 1 spiro atoms. The molecule has 0 N–H and O–H groups in total. The lowest BCUT2D eigenvalue weighted by atomic mass is 9.85. The molecule has 0 saturated carbocycles. The van der Waals surface area contributed by atoms with E-state index in [1.54, 1.807) is 13.3 Å². The van der Waals surface area contributed by atoms with Crippen molar-refractivity contribution in [1.82, 2.24) is 14.8 Å². The molecular weight excluding hydrogens is 290 g/mol. The summed E-state index contributed by atoms with van der Waals surface area (Å²) >= 11 is 0. The molecule has 5 heteroatoms. The highest BCUT2D eigenvalue weighted by Crippen LogP contribution is 2.40. The van der Waals surface area contributed by atoms with Crippen molar-refractivity contribution >= 4 is 0 Å². The summed E-state index contributed by atoms with van der Waals surface area (Å²) in [5, 5.41) is 0. The van der Waals surface area contributed by atoms with Gasteiger partial charge in [0, 0.05) is 50.1 Å². The molecule has 1 aromatic rings. The molecule has 2 aliphatic heterocycles. The third-order valence-corrected chi connectivity index (χ3v) is 5.82. The zero-order valence-corrected chi connectivity index (χ0v) is 14.6. The molecule has 2 fully saturated rings. The number of rotatable bonds is 5. The van der Waals surface area contributed by atoms with Crippen molar-refractivity contribution in [3.63, 3.8) is 0 Å².